The van der Waals surface area contributed by atoms with Crippen LogP contribution < -0.4 is 0 Å². The maximum atomic E-state index is 12.7. The predicted octanol–water partition coefficient (Wildman–Crippen LogP) is 8.03. The molecule has 0 N–H and O–H groups in total. The van der Waals surface area contributed by atoms with Crippen molar-refractivity contribution in [3.8, 4) is 0 Å². The van der Waals surface area contributed by atoms with Crippen LogP contribution in [0.2, 0.25) is 0 Å². The molecule has 1 saturated carbocycles. The highest BCUT2D eigenvalue weighted by Crippen LogP contribution is 2.62. The quantitative estimate of drug-likeness (QED) is 0.191. The molecule has 0 aromatic carbocycles. The second kappa shape index (κ2) is 10.5. The fraction of sp³-hybridized carbons (Fsp3) is 0.800. The summed E-state index contributed by atoms with van der Waals surface area (Å²) in [6.45, 7) is 7.03. The van der Waals surface area contributed by atoms with Crippen molar-refractivity contribution >= 4 is 11.8 Å². The first-order chi connectivity index (χ1) is 15.9. The number of hydrogen-bond acceptors (Lipinski definition) is 3. The zero-order valence-electron chi connectivity index (χ0n) is 21.5. The minimum atomic E-state index is 0.0271. The zero-order chi connectivity index (χ0) is 23.5. The highest BCUT2D eigenvalue weighted by Gasteiger charge is 2.55. The SMILES string of the molecule is CCCCCCCCCCC(=O)O[C@@H]1CC[C@H]2C3=C(CC[C@]12C)[C@@]1(C)CCC(=O)C=C1CC3. The summed E-state index contributed by atoms with van der Waals surface area (Å²) in [5, 5.41) is 0. The molecule has 0 aromatic rings. The Bertz CT molecular complexity index is 805. The standard InChI is InChI=1S/C30H46O3/c1-4-5-6-7-8-9-10-11-12-28(32)33-27-16-15-25-24-14-13-22-21-23(31)17-19-29(22,2)26(24)18-20-30(25,27)3/h21,25,27H,4-20H2,1-3H3/t25-,27+,29-,30-/m0/s1. The van der Waals surface area contributed by atoms with Crippen molar-refractivity contribution in [1.82, 2.24) is 0 Å². The molecule has 0 spiro atoms. The molecule has 184 valence electrons. The van der Waals surface area contributed by atoms with Crippen molar-refractivity contribution in [3.63, 3.8) is 0 Å². The lowest BCUT2D eigenvalue weighted by molar-refractivity contribution is -0.155. The lowest BCUT2D eigenvalue weighted by Crippen LogP contribution is -2.43. The summed E-state index contributed by atoms with van der Waals surface area (Å²) in [5.41, 5.74) is 4.89. The van der Waals surface area contributed by atoms with Crippen LogP contribution >= 0.6 is 0 Å². The summed E-state index contributed by atoms with van der Waals surface area (Å²) < 4.78 is 6.15. The molecule has 0 radical (unpaired) electrons. The average molecular weight is 455 g/mol. The average Bonchev–Trinajstić information content (AvgIpc) is 3.12. The van der Waals surface area contributed by atoms with Gasteiger partial charge in [0, 0.05) is 23.7 Å². The second-order valence-corrected chi connectivity index (χ2v) is 11.8. The molecule has 4 aliphatic carbocycles. The minimum Gasteiger partial charge on any atom is -0.462 e. The zero-order valence-corrected chi connectivity index (χ0v) is 21.5. The van der Waals surface area contributed by atoms with Crippen LogP contribution in [0.4, 0.5) is 0 Å². The van der Waals surface area contributed by atoms with E-state index in [0.717, 1.165) is 57.8 Å². The lowest BCUT2D eigenvalue weighted by atomic mass is 9.54. The van der Waals surface area contributed by atoms with Gasteiger partial charge >= 0.3 is 5.97 Å². The van der Waals surface area contributed by atoms with Gasteiger partial charge in [-0.25, -0.2) is 0 Å². The molecule has 33 heavy (non-hydrogen) atoms. The number of carbonyl (C=O) groups excluding carboxylic acids is 2. The number of hydrogen-bond donors (Lipinski definition) is 0. The van der Waals surface area contributed by atoms with Gasteiger partial charge in [-0.05, 0) is 63.4 Å². The van der Waals surface area contributed by atoms with E-state index in [2.05, 4.69) is 20.8 Å². The van der Waals surface area contributed by atoms with E-state index in [0.29, 0.717) is 24.5 Å². The van der Waals surface area contributed by atoms with Crippen molar-refractivity contribution in [2.75, 3.05) is 0 Å². The van der Waals surface area contributed by atoms with Gasteiger partial charge in [0.25, 0.3) is 0 Å². The summed E-state index contributed by atoms with van der Waals surface area (Å²) in [4.78, 5) is 24.7. The third-order valence-electron chi connectivity index (χ3n) is 9.72. The number of allylic oxidation sites excluding steroid dienone is 4. The number of fused-ring (bicyclic) bond motifs is 4. The van der Waals surface area contributed by atoms with E-state index in [4.69, 9.17) is 4.74 Å². The second-order valence-electron chi connectivity index (χ2n) is 11.8. The third-order valence-corrected chi connectivity index (χ3v) is 9.72. The van der Waals surface area contributed by atoms with Gasteiger partial charge in [0.15, 0.2) is 5.78 Å². The van der Waals surface area contributed by atoms with Gasteiger partial charge in [-0.15, -0.1) is 0 Å². The number of carbonyl (C=O) groups is 2. The van der Waals surface area contributed by atoms with Gasteiger partial charge < -0.3 is 4.74 Å². The van der Waals surface area contributed by atoms with Crippen molar-refractivity contribution < 1.29 is 14.3 Å². The molecule has 0 heterocycles. The van der Waals surface area contributed by atoms with E-state index in [1.807, 2.05) is 6.08 Å². The summed E-state index contributed by atoms with van der Waals surface area (Å²) in [7, 11) is 0. The molecular weight excluding hydrogens is 408 g/mol. The van der Waals surface area contributed by atoms with Crippen molar-refractivity contribution in [2.45, 2.75) is 136 Å². The van der Waals surface area contributed by atoms with Crippen LogP contribution in [0.3, 0.4) is 0 Å². The van der Waals surface area contributed by atoms with E-state index < -0.39 is 0 Å². The first kappa shape index (κ1) is 24.7. The number of ketones is 1. The molecule has 4 aliphatic rings. The molecular formula is C30H46O3. The van der Waals surface area contributed by atoms with Crippen LogP contribution in [0.1, 0.15) is 130 Å². The summed E-state index contributed by atoms with van der Waals surface area (Å²) in [6, 6.07) is 0. The van der Waals surface area contributed by atoms with Crippen LogP contribution in [-0.4, -0.2) is 17.9 Å². The number of ether oxygens (including phenoxy) is 1. The Kier molecular flexibility index (Phi) is 7.86. The van der Waals surface area contributed by atoms with Crippen LogP contribution in [0.25, 0.3) is 0 Å². The Labute approximate surface area is 201 Å². The van der Waals surface area contributed by atoms with Crippen LogP contribution in [0, 0.1) is 16.7 Å². The highest BCUT2D eigenvalue weighted by molar-refractivity contribution is 5.92. The first-order valence-electron chi connectivity index (χ1n) is 14.0. The van der Waals surface area contributed by atoms with Gasteiger partial charge in [-0.1, -0.05) is 82.4 Å². The summed E-state index contributed by atoms with van der Waals surface area (Å²) in [6.07, 6.45) is 20.8. The predicted molar refractivity (Wildman–Crippen MR) is 134 cm³/mol. The summed E-state index contributed by atoms with van der Waals surface area (Å²) in [5.74, 6) is 0.897. The Morgan fingerprint density at radius 1 is 0.939 bits per heavy atom. The van der Waals surface area contributed by atoms with E-state index in [9.17, 15) is 9.59 Å². The van der Waals surface area contributed by atoms with Crippen LogP contribution in [0.15, 0.2) is 22.8 Å². The molecule has 0 bridgehead atoms. The maximum absolute atomic E-state index is 12.7. The van der Waals surface area contributed by atoms with Crippen molar-refractivity contribution in [3.05, 3.63) is 22.8 Å². The van der Waals surface area contributed by atoms with Crippen LogP contribution in [0.5, 0.6) is 0 Å². The van der Waals surface area contributed by atoms with Crippen molar-refractivity contribution in [2.24, 2.45) is 16.7 Å². The molecule has 3 nitrogen and oxygen atoms in total. The van der Waals surface area contributed by atoms with E-state index in [1.165, 1.54) is 44.1 Å². The number of unbranched alkanes of at least 4 members (excludes halogenated alkanes) is 7. The Hall–Kier alpha value is -1.38. The number of esters is 1. The van der Waals surface area contributed by atoms with Gasteiger partial charge in [0.1, 0.15) is 6.10 Å². The normalized spacial score (nSPS) is 33.3. The molecule has 0 amide bonds. The molecule has 0 saturated heterocycles. The fourth-order valence-corrected chi connectivity index (χ4v) is 7.57. The van der Waals surface area contributed by atoms with E-state index >= 15 is 0 Å². The van der Waals surface area contributed by atoms with Gasteiger partial charge in [0.2, 0.25) is 0 Å². The van der Waals surface area contributed by atoms with E-state index in [1.54, 1.807) is 11.1 Å². The third kappa shape index (κ3) is 5.03. The van der Waals surface area contributed by atoms with Gasteiger partial charge in [-0.3, -0.25) is 9.59 Å². The van der Waals surface area contributed by atoms with Gasteiger partial charge in [-0.2, -0.15) is 0 Å². The minimum absolute atomic E-state index is 0.0271. The Morgan fingerprint density at radius 3 is 2.42 bits per heavy atom. The topological polar surface area (TPSA) is 43.4 Å². The molecule has 1 fully saturated rings. The maximum Gasteiger partial charge on any atom is 0.306 e. The lowest BCUT2D eigenvalue weighted by Gasteiger charge is -2.50. The highest BCUT2D eigenvalue weighted by atomic mass is 16.5. The summed E-state index contributed by atoms with van der Waals surface area (Å²) >= 11 is 0. The first-order valence-corrected chi connectivity index (χ1v) is 14.0. The molecule has 0 aromatic heterocycles. The monoisotopic (exact) mass is 454 g/mol. The smallest absolute Gasteiger partial charge is 0.306 e. The van der Waals surface area contributed by atoms with Gasteiger partial charge in [0.05, 0.1) is 0 Å². The van der Waals surface area contributed by atoms with E-state index in [-0.39, 0.29) is 22.9 Å². The number of rotatable bonds is 10. The largest absolute Gasteiger partial charge is 0.462 e. The Balaban J connectivity index is 1.31. The van der Waals surface area contributed by atoms with Crippen molar-refractivity contribution in [1.29, 1.82) is 0 Å². The molecule has 3 heteroatoms. The van der Waals surface area contributed by atoms with Crippen LogP contribution in [-0.2, 0) is 14.3 Å². The molecule has 0 aliphatic heterocycles. The molecule has 0 unspecified atom stereocenters. The molecule has 4 atom stereocenters. The fourth-order valence-electron chi connectivity index (χ4n) is 7.57. The molecule has 4 rings (SSSR count). The Morgan fingerprint density at radius 2 is 1.67 bits per heavy atom.